The molecule has 0 spiro atoms. The average Bonchev–Trinajstić information content (AvgIpc) is 3.40. The fraction of sp³-hybridized carbons (Fsp3) is 0.574. The maximum Gasteiger partial charge on any atom is 0.306 e. The van der Waals surface area contributed by atoms with Gasteiger partial charge in [-0.05, 0) is 128 Å². The number of hydrogen-bond acceptors (Lipinski definition) is 6. The summed E-state index contributed by atoms with van der Waals surface area (Å²) in [7, 11) is 0. The van der Waals surface area contributed by atoms with E-state index in [1.807, 2.05) is 12.2 Å². The minimum Gasteiger partial charge on any atom is -0.462 e. The number of carbonyl (C=O) groups excluding carboxylic acids is 3. The molecule has 6 nitrogen and oxygen atoms in total. The van der Waals surface area contributed by atoms with Gasteiger partial charge in [0.1, 0.15) is 13.2 Å². The summed E-state index contributed by atoms with van der Waals surface area (Å²) in [5.74, 6) is -1.03. The van der Waals surface area contributed by atoms with E-state index in [1.54, 1.807) is 0 Å². The zero-order valence-electron chi connectivity index (χ0n) is 47.3. The van der Waals surface area contributed by atoms with Crippen LogP contribution in [0.3, 0.4) is 0 Å². The Morgan fingerprint density at radius 1 is 0.284 bits per heavy atom. The van der Waals surface area contributed by atoms with Crippen LogP contribution in [0.25, 0.3) is 0 Å². The van der Waals surface area contributed by atoms with E-state index in [4.69, 9.17) is 14.2 Å². The van der Waals surface area contributed by atoms with Crippen molar-refractivity contribution in [2.45, 2.75) is 239 Å². The van der Waals surface area contributed by atoms with Crippen molar-refractivity contribution in [3.8, 4) is 0 Å². The highest BCUT2D eigenvalue weighted by Gasteiger charge is 2.19. The van der Waals surface area contributed by atoms with Crippen LogP contribution in [0.4, 0.5) is 0 Å². The number of carbonyl (C=O) groups is 3. The molecular formula is C68H106O6. The van der Waals surface area contributed by atoms with Gasteiger partial charge in [-0.3, -0.25) is 14.4 Å². The average molecular weight is 1020 g/mol. The molecule has 0 bridgehead atoms. The predicted molar refractivity (Wildman–Crippen MR) is 320 cm³/mol. The van der Waals surface area contributed by atoms with E-state index in [0.717, 1.165) is 141 Å². The van der Waals surface area contributed by atoms with Crippen molar-refractivity contribution in [1.82, 2.24) is 0 Å². The third-order valence-corrected chi connectivity index (χ3v) is 11.7. The molecule has 0 amide bonds. The Morgan fingerprint density at radius 3 is 0.892 bits per heavy atom. The number of esters is 3. The first-order valence-corrected chi connectivity index (χ1v) is 29.5. The molecule has 0 aromatic heterocycles. The van der Waals surface area contributed by atoms with E-state index in [9.17, 15) is 14.4 Å². The highest BCUT2D eigenvalue weighted by atomic mass is 16.6. The smallest absolute Gasteiger partial charge is 0.306 e. The molecule has 0 aliphatic rings. The van der Waals surface area contributed by atoms with Gasteiger partial charge in [-0.25, -0.2) is 0 Å². The molecule has 0 aliphatic carbocycles. The Kier molecular flexibility index (Phi) is 56.5. The van der Waals surface area contributed by atoms with Crippen LogP contribution in [0.15, 0.2) is 158 Å². The molecule has 0 aromatic rings. The third-order valence-electron chi connectivity index (χ3n) is 11.7. The number of hydrogen-bond donors (Lipinski definition) is 0. The van der Waals surface area contributed by atoms with Crippen LogP contribution >= 0.6 is 0 Å². The number of rotatable bonds is 51. The predicted octanol–water partition coefficient (Wildman–Crippen LogP) is 20.1. The zero-order chi connectivity index (χ0) is 53.6. The molecule has 6 heteroatoms. The Balaban J connectivity index is 4.41. The molecule has 0 heterocycles. The molecule has 0 aliphatic heterocycles. The van der Waals surface area contributed by atoms with Crippen LogP contribution < -0.4 is 0 Å². The highest BCUT2D eigenvalue weighted by Crippen LogP contribution is 2.13. The van der Waals surface area contributed by atoms with Gasteiger partial charge in [0.25, 0.3) is 0 Å². The molecule has 0 N–H and O–H groups in total. The lowest BCUT2D eigenvalue weighted by molar-refractivity contribution is -0.166. The van der Waals surface area contributed by atoms with Crippen molar-refractivity contribution in [2.75, 3.05) is 13.2 Å². The molecule has 0 saturated heterocycles. The van der Waals surface area contributed by atoms with Crippen LogP contribution in [0.2, 0.25) is 0 Å². The van der Waals surface area contributed by atoms with E-state index >= 15 is 0 Å². The molecule has 0 saturated carbocycles. The lowest BCUT2D eigenvalue weighted by atomic mass is 10.1. The zero-order valence-corrected chi connectivity index (χ0v) is 47.3. The number of ether oxygens (including phenoxy) is 3. The van der Waals surface area contributed by atoms with Crippen LogP contribution in [0.5, 0.6) is 0 Å². The van der Waals surface area contributed by atoms with Gasteiger partial charge in [0.05, 0.1) is 0 Å². The second-order valence-electron chi connectivity index (χ2n) is 18.8. The van der Waals surface area contributed by atoms with Gasteiger partial charge in [-0.15, -0.1) is 0 Å². The second-order valence-corrected chi connectivity index (χ2v) is 18.8. The molecule has 0 fully saturated rings. The lowest BCUT2D eigenvalue weighted by Gasteiger charge is -2.18. The molecule has 1 atom stereocenters. The van der Waals surface area contributed by atoms with Gasteiger partial charge < -0.3 is 14.2 Å². The molecule has 0 radical (unpaired) electrons. The Bertz CT molecular complexity index is 1690. The molecule has 0 aromatic carbocycles. The van der Waals surface area contributed by atoms with Crippen molar-refractivity contribution in [3.05, 3.63) is 158 Å². The molecule has 0 rings (SSSR count). The summed E-state index contributed by atoms with van der Waals surface area (Å²) in [5, 5.41) is 0. The first kappa shape index (κ1) is 69.0. The first-order chi connectivity index (χ1) is 36.5. The van der Waals surface area contributed by atoms with Crippen LogP contribution in [0.1, 0.15) is 233 Å². The summed E-state index contributed by atoms with van der Waals surface area (Å²) >= 11 is 0. The molecule has 414 valence electrons. The molecular weight excluding hydrogens is 913 g/mol. The SMILES string of the molecule is CC/C=C\C/C=C\C/C=C\C/C=C\C/C=C\C/C=C\CCCCCCCCCCC(=O)OCC(COC(=O)CCCCCCC/C=C\CCC)OC(=O)CC/C=C\C/C=C\C/C=C\C/C=C\C/C=C\C/C=C\CC. The van der Waals surface area contributed by atoms with Crippen molar-refractivity contribution >= 4 is 17.9 Å². The fourth-order valence-electron chi connectivity index (χ4n) is 7.41. The maximum atomic E-state index is 12.8. The summed E-state index contributed by atoms with van der Waals surface area (Å²) in [6.45, 7) is 6.25. The van der Waals surface area contributed by atoms with Crippen molar-refractivity contribution in [1.29, 1.82) is 0 Å². The van der Waals surface area contributed by atoms with Gasteiger partial charge in [0, 0.05) is 19.3 Å². The quantitative estimate of drug-likeness (QED) is 0.0261. The van der Waals surface area contributed by atoms with Gasteiger partial charge >= 0.3 is 17.9 Å². The summed E-state index contributed by atoms with van der Waals surface area (Å²) in [5.41, 5.74) is 0. The van der Waals surface area contributed by atoms with E-state index < -0.39 is 12.1 Å². The van der Waals surface area contributed by atoms with Gasteiger partial charge in [-0.2, -0.15) is 0 Å². The molecule has 1 unspecified atom stereocenters. The van der Waals surface area contributed by atoms with Crippen LogP contribution in [-0.4, -0.2) is 37.2 Å². The van der Waals surface area contributed by atoms with E-state index in [2.05, 4.69) is 167 Å². The Morgan fingerprint density at radius 2 is 0.554 bits per heavy atom. The standard InChI is InChI=1S/C68H106O6/c1-4-7-10-13-16-19-22-24-26-28-30-31-32-33-34-35-36-37-39-40-42-44-46-49-52-55-58-61-67(70)73-64-65(63-72-66(69)60-57-54-51-48-21-18-15-12-9-6-3)74-68(71)62-59-56-53-50-47-45-43-41-38-29-27-25-23-20-17-14-11-8-5-2/h7-8,10-12,15-17,19-20,24-27,30-31,33-34,36-38,41,45,47,53,56,65H,4-6,9,13-14,18,21-23,28-29,32,35,39-40,42-44,46,48-52,54-55,57-64H2,1-3H3/b10-7-,11-8-,15-12-,19-16-,20-17-,26-24-,27-25-,31-30-,34-33-,37-36-,41-38-,47-45-,56-53-. The van der Waals surface area contributed by atoms with Crippen LogP contribution in [0, 0.1) is 0 Å². The largest absolute Gasteiger partial charge is 0.462 e. The lowest BCUT2D eigenvalue weighted by Crippen LogP contribution is -2.30. The van der Waals surface area contributed by atoms with Crippen molar-refractivity contribution in [2.24, 2.45) is 0 Å². The maximum absolute atomic E-state index is 12.8. The second kappa shape index (κ2) is 60.6. The summed E-state index contributed by atoms with van der Waals surface area (Å²) in [6.07, 6.45) is 88.3. The van der Waals surface area contributed by atoms with Gasteiger partial charge in [0.2, 0.25) is 0 Å². The van der Waals surface area contributed by atoms with Crippen LogP contribution in [-0.2, 0) is 28.6 Å². The summed E-state index contributed by atoms with van der Waals surface area (Å²) < 4.78 is 16.7. The summed E-state index contributed by atoms with van der Waals surface area (Å²) in [6, 6.07) is 0. The first-order valence-electron chi connectivity index (χ1n) is 29.5. The third kappa shape index (κ3) is 57.9. The summed E-state index contributed by atoms with van der Waals surface area (Å²) in [4.78, 5) is 38.1. The minimum absolute atomic E-state index is 0.122. The van der Waals surface area contributed by atoms with E-state index in [-0.39, 0.29) is 31.6 Å². The van der Waals surface area contributed by atoms with Gasteiger partial charge in [-0.1, -0.05) is 243 Å². The Hall–Kier alpha value is -4.97. The minimum atomic E-state index is -0.833. The van der Waals surface area contributed by atoms with Gasteiger partial charge in [0.15, 0.2) is 6.10 Å². The monoisotopic (exact) mass is 1020 g/mol. The molecule has 74 heavy (non-hydrogen) atoms. The number of unbranched alkanes of at least 4 members (excludes halogenated alkanes) is 14. The van der Waals surface area contributed by atoms with E-state index in [0.29, 0.717) is 19.3 Å². The fourth-order valence-corrected chi connectivity index (χ4v) is 7.41. The van der Waals surface area contributed by atoms with Crippen molar-refractivity contribution < 1.29 is 28.6 Å². The normalized spacial score (nSPS) is 13.3. The Labute approximate surface area is 454 Å². The number of allylic oxidation sites excluding steroid dienone is 26. The topological polar surface area (TPSA) is 78.9 Å². The van der Waals surface area contributed by atoms with E-state index in [1.165, 1.54) is 44.9 Å². The highest BCUT2D eigenvalue weighted by molar-refractivity contribution is 5.71. The van der Waals surface area contributed by atoms with Crippen molar-refractivity contribution in [3.63, 3.8) is 0 Å².